The summed E-state index contributed by atoms with van der Waals surface area (Å²) in [5.74, 6) is 4.39. The number of halogens is 1. The molecule has 1 aliphatic carbocycles. The predicted molar refractivity (Wildman–Crippen MR) is 122 cm³/mol. The van der Waals surface area contributed by atoms with Crippen molar-refractivity contribution in [1.29, 1.82) is 0 Å². The van der Waals surface area contributed by atoms with Gasteiger partial charge in [0.25, 0.3) is 0 Å². The Morgan fingerprint density at radius 3 is 2.37 bits per heavy atom. The van der Waals surface area contributed by atoms with Gasteiger partial charge in [0.15, 0.2) is 17.5 Å². The van der Waals surface area contributed by atoms with Crippen LogP contribution in [0.15, 0.2) is 23.2 Å². The lowest BCUT2D eigenvalue weighted by molar-refractivity contribution is 0.299. The lowest BCUT2D eigenvalue weighted by Gasteiger charge is -2.22. The topological polar surface area (TPSA) is 46.1 Å². The molecule has 1 N–H and O–H groups in total. The summed E-state index contributed by atoms with van der Waals surface area (Å²) in [6.45, 7) is 6.19. The molecular formula is C21H34IN3O2. The summed E-state index contributed by atoms with van der Waals surface area (Å²) in [4.78, 5) is 7.39. The predicted octanol–water partition coefficient (Wildman–Crippen LogP) is 3.95. The van der Waals surface area contributed by atoms with Crippen molar-refractivity contribution in [2.24, 2.45) is 16.8 Å². The zero-order chi connectivity index (χ0) is 18.4. The third kappa shape index (κ3) is 5.65. The van der Waals surface area contributed by atoms with Crippen molar-refractivity contribution in [3.8, 4) is 11.5 Å². The number of rotatable bonds is 6. The molecule has 1 heterocycles. The second-order valence-corrected chi connectivity index (χ2v) is 7.38. The van der Waals surface area contributed by atoms with Gasteiger partial charge in [0.2, 0.25) is 0 Å². The van der Waals surface area contributed by atoms with Gasteiger partial charge < -0.3 is 19.7 Å². The first-order chi connectivity index (χ1) is 12.7. The lowest BCUT2D eigenvalue weighted by Crippen LogP contribution is -2.40. The highest BCUT2D eigenvalue weighted by molar-refractivity contribution is 14.0. The summed E-state index contributed by atoms with van der Waals surface area (Å²) in [5, 5.41) is 3.49. The fraction of sp³-hybridized carbons (Fsp3) is 0.667. The number of benzene rings is 1. The van der Waals surface area contributed by atoms with Gasteiger partial charge in [0, 0.05) is 26.2 Å². The van der Waals surface area contributed by atoms with Gasteiger partial charge >= 0.3 is 0 Å². The summed E-state index contributed by atoms with van der Waals surface area (Å²) in [6, 6.07) is 6.11. The monoisotopic (exact) mass is 487 g/mol. The van der Waals surface area contributed by atoms with Crippen LogP contribution >= 0.6 is 24.0 Å². The first-order valence-electron chi connectivity index (χ1n) is 9.99. The number of fused-ring (bicyclic) bond motifs is 1. The SMILES string of the molecule is CCNC(=NCCc1ccc(OC)c(OC)c1)N1CC2CCCCC2C1.I. The first-order valence-corrected chi connectivity index (χ1v) is 9.99. The molecule has 2 aliphatic rings. The van der Waals surface area contributed by atoms with Crippen molar-refractivity contribution in [2.75, 3.05) is 40.4 Å². The molecule has 0 bridgehead atoms. The van der Waals surface area contributed by atoms with Gasteiger partial charge in [-0.2, -0.15) is 0 Å². The van der Waals surface area contributed by atoms with Crippen LogP contribution in [0.4, 0.5) is 0 Å². The minimum absolute atomic E-state index is 0. The minimum Gasteiger partial charge on any atom is -0.493 e. The third-order valence-corrected chi connectivity index (χ3v) is 5.72. The van der Waals surface area contributed by atoms with Crippen molar-refractivity contribution in [3.63, 3.8) is 0 Å². The van der Waals surface area contributed by atoms with Crippen LogP contribution in [0.2, 0.25) is 0 Å². The molecule has 27 heavy (non-hydrogen) atoms. The number of likely N-dealkylation sites (tertiary alicyclic amines) is 1. The zero-order valence-electron chi connectivity index (χ0n) is 16.9. The van der Waals surface area contributed by atoms with Crippen molar-refractivity contribution < 1.29 is 9.47 Å². The molecule has 0 amide bonds. The Morgan fingerprint density at radius 2 is 1.78 bits per heavy atom. The Hall–Kier alpha value is -1.18. The molecule has 0 aromatic heterocycles. The molecule has 152 valence electrons. The van der Waals surface area contributed by atoms with E-state index in [9.17, 15) is 0 Å². The highest BCUT2D eigenvalue weighted by Gasteiger charge is 2.35. The summed E-state index contributed by atoms with van der Waals surface area (Å²) < 4.78 is 10.7. The second-order valence-electron chi connectivity index (χ2n) is 7.38. The van der Waals surface area contributed by atoms with E-state index >= 15 is 0 Å². The van der Waals surface area contributed by atoms with E-state index < -0.39 is 0 Å². The highest BCUT2D eigenvalue weighted by Crippen LogP contribution is 2.36. The van der Waals surface area contributed by atoms with Gasteiger partial charge in [-0.3, -0.25) is 4.99 Å². The fourth-order valence-electron chi connectivity index (χ4n) is 4.33. The van der Waals surface area contributed by atoms with Crippen LogP contribution in [0.5, 0.6) is 11.5 Å². The van der Waals surface area contributed by atoms with Gasteiger partial charge in [-0.1, -0.05) is 18.9 Å². The maximum absolute atomic E-state index is 5.40. The molecule has 1 saturated carbocycles. The molecule has 1 aromatic rings. The molecule has 2 unspecified atom stereocenters. The van der Waals surface area contributed by atoms with Gasteiger partial charge in [0.05, 0.1) is 14.2 Å². The number of aliphatic imine (C=N–C) groups is 1. The Bertz CT molecular complexity index is 609. The molecule has 6 heteroatoms. The van der Waals surface area contributed by atoms with Crippen LogP contribution in [0, 0.1) is 11.8 Å². The molecule has 3 rings (SSSR count). The number of hydrogen-bond donors (Lipinski definition) is 1. The van der Waals surface area contributed by atoms with Crippen molar-refractivity contribution in [1.82, 2.24) is 10.2 Å². The molecule has 2 fully saturated rings. The summed E-state index contributed by atoms with van der Waals surface area (Å²) in [6.07, 6.45) is 6.50. The molecule has 0 radical (unpaired) electrons. The van der Waals surface area contributed by atoms with Crippen molar-refractivity contribution in [2.45, 2.75) is 39.0 Å². The zero-order valence-corrected chi connectivity index (χ0v) is 19.2. The second kappa shape index (κ2) is 11.0. The smallest absolute Gasteiger partial charge is 0.193 e. The number of guanidine groups is 1. The largest absolute Gasteiger partial charge is 0.493 e. The van der Waals surface area contributed by atoms with Crippen LogP contribution < -0.4 is 14.8 Å². The van der Waals surface area contributed by atoms with E-state index in [1.165, 1.54) is 44.3 Å². The van der Waals surface area contributed by atoms with E-state index in [4.69, 9.17) is 14.5 Å². The first kappa shape index (κ1) is 22.1. The normalized spacial score (nSPS) is 22.0. The fourth-order valence-corrected chi connectivity index (χ4v) is 4.33. The molecule has 0 spiro atoms. The van der Waals surface area contributed by atoms with Gasteiger partial charge in [-0.25, -0.2) is 0 Å². The molecule has 1 saturated heterocycles. The van der Waals surface area contributed by atoms with Crippen LogP contribution in [0.3, 0.4) is 0 Å². The molecule has 5 nitrogen and oxygen atoms in total. The van der Waals surface area contributed by atoms with E-state index in [1.807, 2.05) is 12.1 Å². The molecule has 1 aliphatic heterocycles. The van der Waals surface area contributed by atoms with Crippen LogP contribution in [0.1, 0.15) is 38.2 Å². The van der Waals surface area contributed by atoms with Crippen molar-refractivity contribution >= 4 is 29.9 Å². The number of nitrogens with one attached hydrogen (secondary N) is 1. The van der Waals surface area contributed by atoms with Gasteiger partial charge in [-0.15, -0.1) is 24.0 Å². The maximum Gasteiger partial charge on any atom is 0.193 e. The quantitative estimate of drug-likeness (QED) is 0.375. The van der Waals surface area contributed by atoms with Gasteiger partial charge in [-0.05, 0) is 55.7 Å². The Kier molecular flexibility index (Phi) is 8.99. The van der Waals surface area contributed by atoms with E-state index in [-0.39, 0.29) is 24.0 Å². The van der Waals surface area contributed by atoms with Crippen molar-refractivity contribution in [3.05, 3.63) is 23.8 Å². The molecule has 1 aromatic carbocycles. The highest BCUT2D eigenvalue weighted by atomic mass is 127. The van der Waals surface area contributed by atoms with E-state index in [1.54, 1.807) is 14.2 Å². The summed E-state index contributed by atoms with van der Waals surface area (Å²) in [5.41, 5.74) is 1.22. The van der Waals surface area contributed by atoms with Crippen LogP contribution in [-0.2, 0) is 6.42 Å². The maximum atomic E-state index is 5.40. The summed E-state index contributed by atoms with van der Waals surface area (Å²) >= 11 is 0. The van der Waals surface area contributed by atoms with Gasteiger partial charge in [0.1, 0.15) is 0 Å². The molecule has 2 atom stereocenters. The average molecular weight is 487 g/mol. The number of nitrogens with zero attached hydrogens (tertiary/aromatic N) is 2. The van der Waals surface area contributed by atoms with Crippen LogP contribution in [-0.4, -0.2) is 51.3 Å². The number of methoxy groups -OCH3 is 2. The number of hydrogen-bond acceptors (Lipinski definition) is 3. The average Bonchev–Trinajstić information content (AvgIpc) is 3.11. The third-order valence-electron chi connectivity index (χ3n) is 5.72. The van der Waals surface area contributed by atoms with E-state index in [2.05, 4.69) is 23.2 Å². The van der Waals surface area contributed by atoms with Crippen LogP contribution in [0.25, 0.3) is 0 Å². The van der Waals surface area contributed by atoms with E-state index in [0.717, 1.165) is 48.8 Å². The van der Waals surface area contributed by atoms with E-state index in [0.29, 0.717) is 0 Å². The summed E-state index contributed by atoms with van der Waals surface area (Å²) in [7, 11) is 3.34. The number of ether oxygens (including phenoxy) is 2. The standard InChI is InChI=1S/C21H33N3O2.HI/c1-4-22-21(24-14-17-7-5-6-8-18(17)15-24)23-12-11-16-9-10-19(25-2)20(13-16)26-3;/h9-10,13,17-18H,4-8,11-12,14-15H2,1-3H3,(H,22,23);1H. The molecular weight excluding hydrogens is 453 g/mol. The Labute approximate surface area is 180 Å². The minimum atomic E-state index is 0. The lowest BCUT2D eigenvalue weighted by atomic mass is 9.82. The Balaban J connectivity index is 0.00000261. The Morgan fingerprint density at radius 1 is 1.11 bits per heavy atom.